The molecule has 0 spiro atoms. The highest BCUT2D eigenvalue weighted by Gasteiger charge is 2.38. The predicted molar refractivity (Wildman–Crippen MR) is 86.1 cm³/mol. The van der Waals surface area contributed by atoms with Gasteiger partial charge in [0.05, 0.1) is 27.2 Å². The Morgan fingerprint density at radius 3 is 2.62 bits per heavy atom. The lowest BCUT2D eigenvalue weighted by atomic mass is 10.1. The van der Waals surface area contributed by atoms with Crippen molar-refractivity contribution >= 4 is 32.5 Å². The van der Waals surface area contributed by atoms with Gasteiger partial charge in [-0.25, -0.2) is 4.79 Å². The smallest absolute Gasteiger partial charge is 0.338 e. The molecule has 0 aliphatic heterocycles. The first-order chi connectivity index (χ1) is 11.4. The van der Waals surface area contributed by atoms with Gasteiger partial charge in [-0.05, 0) is 25.0 Å². The van der Waals surface area contributed by atoms with Crippen molar-refractivity contribution in [3.05, 3.63) is 42.1 Å². The van der Waals surface area contributed by atoms with Crippen molar-refractivity contribution in [3.8, 4) is 11.5 Å². The third-order valence-corrected chi connectivity index (χ3v) is 5.77. The van der Waals surface area contributed by atoms with Crippen LogP contribution in [0.15, 0.2) is 36.5 Å². The molecule has 2 heterocycles. The van der Waals surface area contributed by atoms with Crippen LogP contribution >= 0.6 is 0 Å². The second kappa shape index (κ2) is 4.88. The number of fused-ring (bicyclic) bond motifs is 3. The molecule has 3 aromatic rings. The van der Waals surface area contributed by atoms with Crippen molar-refractivity contribution in [3.63, 3.8) is 0 Å². The number of aromatic carboxylic acids is 1. The average Bonchev–Trinajstić information content (AvgIpc) is 3.30. The molecule has 7 nitrogen and oxygen atoms in total. The zero-order chi connectivity index (χ0) is 17.1. The van der Waals surface area contributed by atoms with Crippen LogP contribution in [0.3, 0.4) is 0 Å². The van der Waals surface area contributed by atoms with E-state index in [0.717, 1.165) is 6.07 Å². The van der Waals surface area contributed by atoms with Crippen molar-refractivity contribution in [2.24, 2.45) is 0 Å². The highest BCUT2D eigenvalue weighted by Crippen LogP contribution is 2.38. The van der Waals surface area contributed by atoms with Crippen LogP contribution < -0.4 is 4.18 Å². The van der Waals surface area contributed by atoms with Crippen LogP contribution in [0.5, 0.6) is 11.5 Å². The van der Waals surface area contributed by atoms with Gasteiger partial charge >= 0.3 is 16.1 Å². The van der Waals surface area contributed by atoms with E-state index < -0.39 is 21.3 Å². The van der Waals surface area contributed by atoms with Gasteiger partial charge in [0.15, 0.2) is 0 Å². The van der Waals surface area contributed by atoms with Gasteiger partial charge in [-0.15, -0.1) is 0 Å². The predicted octanol–water partition coefficient (Wildman–Crippen LogP) is 2.37. The number of carbonyl (C=O) groups is 1. The molecule has 2 aromatic heterocycles. The highest BCUT2D eigenvalue weighted by molar-refractivity contribution is 7.88. The number of hydrogen-bond donors (Lipinski definition) is 2. The van der Waals surface area contributed by atoms with Gasteiger partial charge in [-0.2, -0.15) is 8.42 Å². The molecule has 0 bridgehead atoms. The fraction of sp³-hybridized carbons (Fsp3) is 0.188. The summed E-state index contributed by atoms with van der Waals surface area (Å²) < 4.78 is 30.6. The number of phenols is 1. The number of carboxylic acids is 1. The molecule has 1 aliphatic rings. The third kappa shape index (κ3) is 2.18. The Kier molecular flexibility index (Phi) is 3.01. The maximum atomic E-state index is 12.0. The van der Waals surface area contributed by atoms with E-state index in [2.05, 4.69) is 0 Å². The normalized spacial score (nSPS) is 15.0. The molecule has 4 rings (SSSR count). The minimum Gasteiger partial charge on any atom is -0.507 e. The van der Waals surface area contributed by atoms with Crippen molar-refractivity contribution in [2.75, 3.05) is 0 Å². The van der Waals surface area contributed by atoms with E-state index in [-0.39, 0.29) is 22.4 Å². The van der Waals surface area contributed by atoms with Gasteiger partial charge in [0, 0.05) is 18.3 Å². The SMILES string of the molecule is O=C(O)c1c2c(O)cc(OS(=O)(=O)C3CC3)cc2n2ccccc12. The number of aromatic hydroxyl groups is 1. The maximum absolute atomic E-state index is 12.0. The first-order valence-corrected chi connectivity index (χ1v) is 8.78. The summed E-state index contributed by atoms with van der Waals surface area (Å²) in [5.41, 5.74) is 0.723. The Balaban J connectivity index is 1.98. The Hall–Kier alpha value is -2.74. The van der Waals surface area contributed by atoms with Gasteiger partial charge < -0.3 is 18.8 Å². The number of hydrogen-bond acceptors (Lipinski definition) is 5. The van der Waals surface area contributed by atoms with Crippen LogP contribution in [0.2, 0.25) is 0 Å². The van der Waals surface area contributed by atoms with E-state index in [0.29, 0.717) is 23.9 Å². The van der Waals surface area contributed by atoms with Gasteiger partial charge in [-0.1, -0.05) is 6.07 Å². The first kappa shape index (κ1) is 14.8. The van der Waals surface area contributed by atoms with Crippen LogP contribution in [0.1, 0.15) is 23.2 Å². The quantitative estimate of drug-likeness (QED) is 0.702. The fourth-order valence-electron chi connectivity index (χ4n) is 2.84. The van der Waals surface area contributed by atoms with E-state index in [1.165, 1.54) is 6.07 Å². The molecule has 0 unspecified atom stereocenters. The van der Waals surface area contributed by atoms with Gasteiger partial charge in [0.1, 0.15) is 11.5 Å². The summed E-state index contributed by atoms with van der Waals surface area (Å²) in [7, 11) is -3.73. The lowest BCUT2D eigenvalue weighted by Gasteiger charge is -2.07. The molecule has 1 fully saturated rings. The first-order valence-electron chi connectivity index (χ1n) is 7.31. The standard InChI is InChI=1S/C16H13NO6S/c18-13-8-9(23-24(21,22)10-4-5-10)7-12-14(13)15(16(19)20)11-3-1-2-6-17(11)12/h1-3,6-8,10,18H,4-5H2,(H,19,20). The summed E-state index contributed by atoms with van der Waals surface area (Å²) in [4.78, 5) is 11.6. The van der Waals surface area contributed by atoms with Gasteiger partial charge in [-0.3, -0.25) is 0 Å². The third-order valence-electron chi connectivity index (χ3n) is 4.05. The minimum absolute atomic E-state index is 0.0351. The second-order valence-electron chi connectivity index (χ2n) is 5.75. The molecule has 2 N–H and O–H groups in total. The van der Waals surface area contributed by atoms with Crippen molar-refractivity contribution in [1.29, 1.82) is 0 Å². The van der Waals surface area contributed by atoms with Crippen LogP contribution in [0.4, 0.5) is 0 Å². The molecule has 1 saturated carbocycles. The van der Waals surface area contributed by atoms with Gasteiger partial charge in [0.25, 0.3) is 0 Å². The van der Waals surface area contributed by atoms with E-state index in [4.69, 9.17) is 4.18 Å². The number of rotatable bonds is 4. The largest absolute Gasteiger partial charge is 0.507 e. The molecule has 8 heteroatoms. The number of aromatic nitrogens is 1. The summed E-state index contributed by atoms with van der Waals surface area (Å²) in [5, 5.41) is 19.4. The van der Waals surface area contributed by atoms with E-state index in [1.54, 1.807) is 28.8 Å². The monoisotopic (exact) mass is 347 g/mol. The molecule has 0 radical (unpaired) electrons. The van der Waals surface area contributed by atoms with E-state index >= 15 is 0 Å². The lowest BCUT2D eigenvalue weighted by Crippen LogP contribution is -2.14. The van der Waals surface area contributed by atoms with Crippen molar-refractivity contribution in [2.45, 2.75) is 18.1 Å². The van der Waals surface area contributed by atoms with Crippen LogP contribution in [0, 0.1) is 0 Å². The lowest BCUT2D eigenvalue weighted by molar-refractivity contribution is 0.0700. The molecule has 24 heavy (non-hydrogen) atoms. The van der Waals surface area contributed by atoms with Crippen LogP contribution in [-0.4, -0.2) is 34.3 Å². The molecular weight excluding hydrogens is 334 g/mol. The summed E-state index contributed by atoms with van der Waals surface area (Å²) in [5.74, 6) is -1.55. The number of carboxylic acid groups (broad SMARTS) is 1. The Morgan fingerprint density at radius 1 is 1.21 bits per heavy atom. The zero-order valence-corrected chi connectivity index (χ0v) is 13.2. The summed E-state index contributed by atoms with van der Waals surface area (Å²) in [6.45, 7) is 0. The second-order valence-corrected chi connectivity index (χ2v) is 7.57. The maximum Gasteiger partial charge on any atom is 0.338 e. The topological polar surface area (TPSA) is 105 Å². The van der Waals surface area contributed by atoms with E-state index in [1.807, 2.05) is 0 Å². The molecule has 0 amide bonds. The number of benzene rings is 1. The number of phenolic OH excluding ortho intramolecular Hbond substituents is 1. The van der Waals surface area contributed by atoms with Crippen LogP contribution in [-0.2, 0) is 10.1 Å². The molecule has 1 aromatic carbocycles. The van der Waals surface area contributed by atoms with Gasteiger partial charge in [0.2, 0.25) is 0 Å². The fourth-order valence-corrected chi connectivity index (χ4v) is 4.06. The summed E-state index contributed by atoms with van der Waals surface area (Å²) in [6, 6.07) is 7.57. The van der Waals surface area contributed by atoms with E-state index in [9.17, 15) is 23.4 Å². The Labute approximate surface area is 136 Å². The molecular formula is C16H13NO6S. The minimum atomic E-state index is -3.73. The molecule has 124 valence electrons. The van der Waals surface area contributed by atoms with Crippen molar-refractivity contribution < 1.29 is 27.6 Å². The number of nitrogens with zero attached hydrogens (tertiary/aromatic N) is 1. The Bertz CT molecular complexity index is 1090. The van der Waals surface area contributed by atoms with Crippen molar-refractivity contribution in [1.82, 2.24) is 4.40 Å². The summed E-state index contributed by atoms with van der Waals surface area (Å²) >= 11 is 0. The van der Waals surface area contributed by atoms with Crippen LogP contribution in [0.25, 0.3) is 16.4 Å². The summed E-state index contributed by atoms with van der Waals surface area (Å²) in [6.07, 6.45) is 2.77. The average molecular weight is 347 g/mol. The Morgan fingerprint density at radius 2 is 1.96 bits per heavy atom. The molecule has 0 saturated heterocycles. The highest BCUT2D eigenvalue weighted by atomic mass is 32.2. The molecule has 0 atom stereocenters. The number of pyridine rings is 1. The molecule has 1 aliphatic carbocycles. The zero-order valence-electron chi connectivity index (χ0n) is 12.3.